The van der Waals surface area contributed by atoms with Crippen molar-refractivity contribution in [3.63, 3.8) is 0 Å². The van der Waals surface area contributed by atoms with Gasteiger partial charge in [0.15, 0.2) is 0 Å². The molecule has 0 bridgehead atoms. The fourth-order valence-corrected chi connectivity index (χ4v) is 4.67. The summed E-state index contributed by atoms with van der Waals surface area (Å²) in [6, 6.07) is 10.3. The van der Waals surface area contributed by atoms with Gasteiger partial charge in [-0.15, -0.1) is 11.3 Å². The van der Waals surface area contributed by atoms with E-state index >= 15 is 0 Å². The maximum Gasteiger partial charge on any atom is 0.261 e. The number of para-hydroxylation sites is 1. The highest BCUT2D eigenvalue weighted by Gasteiger charge is 2.28. The highest BCUT2D eigenvalue weighted by atomic mass is 32.1. The van der Waals surface area contributed by atoms with Gasteiger partial charge >= 0.3 is 0 Å². The number of aryl methyl sites for hydroxylation is 2. The van der Waals surface area contributed by atoms with Crippen LogP contribution < -0.4 is 10.2 Å². The summed E-state index contributed by atoms with van der Waals surface area (Å²) in [5.74, 6) is 1.46. The third kappa shape index (κ3) is 3.87. The van der Waals surface area contributed by atoms with Gasteiger partial charge in [-0.05, 0) is 50.8 Å². The van der Waals surface area contributed by atoms with E-state index in [2.05, 4.69) is 34.4 Å². The van der Waals surface area contributed by atoms with Crippen LogP contribution in [0.1, 0.15) is 51.9 Å². The quantitative estimate of drug-likeness (QED) is 0.602. The fourth-order valence-electron chi connectivity index (χ4n) is 3.51. The number of hydrogen-bond acceptors (Lipinski definition) is 5. The number of aromatic nitrogens is 2. The molecule has 28 heavy (non-hydrogen) atoms. The van der Waals surface area contributed by atoms with Gasteiger partial charge in [-0.1, -0.05) is 18.2 Å². The summed E-state index contributed by atoms with van der Waals surface area (Å²) in [7, 11) is 2.08. The predicted octanol–water partition coefficient (Wildman–Crippen LogP) is 4.44. The average Bonchev–Trinajstić information content (AvgIpc) is 3.49. The van der Waals surface area contributed by atoms with E-state index in [1.54, 1.807) is 0 Å². The van der Waals surface area contributed by atoms with Gasteiger partial charge < -0.3 is 10.2 Å². The largest absolute Gasteiger partial charge is 0.375 e. The highest BCUT2D eigenvalue weighted by molar-refractivity contribution is 7.20. The Morgan fingerprint density at radius 3 is 2.68 bits per heavy atom. The first-order chi connectivity index (χ1) is 13.5. The fraction of sp³-hybridized carbons (Fsp3) is 0.409. The molecule has 3 aromatic rings. The Hall–Kier alpha value is -2.47. The maximum absolute atomic E-state index is 12.7. The predicted molar refractivity (Wildman–Crippen MR) is 116 cm³/mol. The second-order valence-electron chi connectivity index (χ2n) is 7.54. The number of amides is 1. The molecule has 0 aliphatic heterocycles. The third-order valence-corrected chi connectivity index (χ3v) is 6.47. The molecule has 1 fully saturated rings. The summed E-state index contributed by atoms with van der Waals surface area (Å²) in [6.07, 6.45) is 3.26. The summed E-state index contributed by atoms with van der Waals surface area (Å²) >= 11 is 1.49. The number of carbonyl (C=O) groups is 1. The lowest BCUT2D eigenvalue weighted by Crippen LogP contribution is -2.28. The van der Waals surface area contributed by atoms with Crippen molar-refractivity contribution in [2.45, 2.75) is 39.0 Å². The van der Waals surface area contributed by atoms with Crippen LogP contribution in [0.4, 0.5) is 5.69 Å². The van der Waals surface area contributed by atoms with Crippen LogP contribution in [0.25, 0.3) is 10.2 Å². The number of nitrogens with zero attached hydrogens (tertiary/aromatic N) is 3. The van der Waals surface area contributed by atoms with Crippen LogP contribution in [0, 0.1) is 13.8 Å². The molecule has 6 heteroatoms. The first-order valence-electron chi connectivity index (χ1n) is 9.86. The lowest BCUT2D eigenvalue weighted by molar-refractivity contribution is 0.0957. The molecule has 5 nitrogen and oxygen atoms in total. The molecular weight excluding hydrogens is 368 g/mol. The number of fused-ring (bicyclic) bond motifs is 1. The molecule has 4 rings (SSSR count). The van der Waals surface area contributed by atoms with Crippen molar-refractivity contribution in [3.8, 4) is 0 Å². The van der Waals surface area contributed by atoms with Crippen LogP contribution in [0.15, 0.2) is 30.3 Å². The average molecular weight is 395 g/mol. The van der Waals surface area contributed by atoms with Crippen LogP contribution in [0.3, 0.4) is 0 Å². The molecular formula is C22H26N4OS. The molecule has 0 radical (unpaired) electrons. The number of carbonyl (C=O) groups excluding carboxylic acids is 1. The van der Waals surface area contributed by atoms with Crippen LogP contribution in [-0.2, 0) is 0 Å². The van der Waals surface area contributed by atoms with Gasteiger partial charge in [0.05, 0.1) is 10.6 Å². The van der Waals surface area contributed by atoms with E-state index in [4.69, 9.17) is 4.98 Å². The molecule has 0 atom stereocenters. The molecule has 1 N–H and O–H groups in total. The second kappa shape index (κ2) is 7.87. The normalized spacial score (nSPS) is 13.7. The zero-order chi connectivity index (χ0) is 19.7. The Kier molecular flexibility index (Phi) is 5.31. The Balaban J connectivity index is 1.38. The van der Waals surface area contributed by atoms with E-state index in [9.17, 15) is 4.79 Å². The lowest BCUT2D eigenvalue weighted by atomic mass is 10.1. The van der Waals surface area contributed by atoms with Gasteiger partial charge in [0.1, 0.15) is 10.7 Å². The van der Waals surface area contributed by atoms with Gasteiger partial charge in [0.25, 0.3) is 5.91 Å². The monoisotopic (exact) mass is 394 g/mol. The topological polar surface area (TPSA) is 58.1 Å². The second-order valence-corrected chi connectivity index (χ2v) is 8.54. The molecule has 0 spiro atoms. The Morgan fingerprint density at radius 1 is 1.21 bits per heavy atom. The van der Waals surface area contributed by atoms with Gasteiger partial charge in [-0.2, -0.15) is 0 Å². The molecule has 1 amide bonds. The molecule has 1 aliphatic rings. The van der Waals surface area contributed by atoms with E-state index in [1.807, 2.05) is 32.0 Å². The zero-order valence-corrected chi connectivity index (χ0v) is 17.5. The van der Waals surface area contributed by atoms with Gasteiger partial charge in [-0.3, -0.25) is 4.79 Å². The minimum absolute atomic E-state index is 0.00441. The molecule has 2 heterocycles. The zero-order valence-electron chi connectivity index (χ0n) is 16.7. The first kappa shape index (κ1) is 18.9. The summed E-state index contributed by atoms with van der Waals surface area (Å²) in [5.41, 5.74) is 3.18. The maximum atomic E-state index is 12.7. The minimum atomic E-state index is -0.00441. The SMILES string of the molecule is Cc1nc(C2CC2)nc2sc(C(=O)NCCCN(C)c3ccccc3)c(C)c12. The van der Waals surface area contributed by atoms with Gasteiger partial charge in [-0.25, -0.2) is 9.97 Å². The van der Waals surface area contributed by atoms with Gasteiger partial charge in [0, 0.05) is 37.1 Å². The molecule has 1 saturated carbocycles. The van der Waals surface area contributed by atoms with Crippen molar-refractivity contribution in [1.82, 2.24) is 15.3 Å². The number of benzene rings is 1. The van der Waals surface area contributed by atoms with Crippen molar-refractivity contribution in [2.75, 3.05) is 25.0 Å². The standard InChI is InChI=1S/C22H26N4OS/c1-14-18-15(2)24-20(16-10-11-16)25-22(18)28-19(14)21(27)23-12-7-13-26(3)17-8-5-4-6-9-17/h4-6,8-9,16H,7,10-13H2,1-3H3,(H,23,27). The van der Waals surface area contributed by atoms with Crippen LogP contribution in [-0.4, -0.2) is 36.0 Å². The summed E-state index contributed by atoms with van der Waals surface area (Å²) in [5, 5.41) is 4.12. The van der Waals surface area contributed by atoms with E-state index < -0.39 is 0 Å². The summed E-state index contributed by atoms with van der Waals surface area (Å²) < 4.78 is 0. The van der Waals surface area contributed by atoms with Crippen molar-refractivity contribution >= 4 is 33.1 Å². The third-order valence-electron chi connectivity index (χ3n) is 5.29. The molecule has 0 saturated heterocycles. The lowest BCUT2D eigenvalue weighted by Gasteiger charge is -2.19. The molecule has 1 aliphatic carbocycles. The van der Waals surface area contributed by atoms with E-state index in [0.717, 1.165) is 45.1 Å². The smallest absolute Gasteiger partial charge is 0.261 e. The van der Waals surface area contributed by atoms with Crippen LogP contribution in [0.2, 0.25) is 0 Å². The Labute approximate surface area is 169 Å². The number of nitrogens with one attached hydrogen (secondary N) is 1. The Bertz CT molecular complexity index is 995. The van der Waals surface area contributed by atoms with Crippen molar-refractivity contribution < 1.29 is 4.79 Å². The summed E-state index contributed by atoms with van der Waals surface area (Å²) in [4.78, 5) is 26.1. The number of hydrogen-bond donors (Lipinski definition) is 1. The first-order valence-corrected chi connectivity index (χ1v) is 10.7. The van der Waals surface area contributed by atoms with Gasteiger partial charge in [0.2, 0.25) is 0 Å². The number of rotatable bonds is 7. The van der Waals surface area contributed by atoms with E-state index in [-0.39, 0.29) is 5.91 Å². The van der Waals surface area contributed by atoms with Crippen molar-refractivity contribution in [3.05, 3.63) is 52.3 Å². The van der Waals surface area contributed by atoms with E-state index in [1.165, 1.54) is 29.9 Å². The molecule has 146 valence electrons. The number of thiophene rings is 1. The van der Waals surface area contributed by atoms with Crippen LogP contribution in [0.5, 0.6) is 0 Å². The number of anilines is 1. The summed E-state index contributed by atoms with van der Waals surface area (Å²) in [6.45, 7) is 5.58. The van der Waals surface area contributed by atoms with Crippen molar-refractivity contribution in [1.29, 1.82) is 0 Å². The van der Waals surface area contributed by atoms with E-state index in [0.29, 0.717) is 12.5 Å². The molecule has 2 aromatic heterocycles. The molecule has 0 unspecified atom stereocenters. The van der Waals surface area contributed by atoms with Crippen LogP contribution >= 0.6 is 11.3 Å². The van der Waals surface area contributed by atoms with Crippen molar-refractivity contribution in [2.24, 2.45) is 0 Å². The Morgan fingerprint density at radius 2 is 1.96 bits per heavy atom. The highest BCUT2D eigenvalue weighted by Crippen LogP contribution is 2.40. The molecule has 1 aromatic carbocycles. The minimum Gasteiger partial charge on any atom is -0.375 e.